The molecule has 1 atom stereocenters. The molecule has 0 fully saturated rings. The molecule has 2 amide bonds. The fraction of sp³-hybridized carbons (Fsp3) is 0.765. The molecule has 0 spiro atoms. The van der Waals surface area contributed by atoms with Gasteiger partial charge in [0.05, 0.1) is 6.10 Å². The first-order chi connectivity index (χ1) is 10.3. The van der Waals surface area contributed by atoms with Crippen molar-refractivity contribution in [2.24, 2.45) is 5.41 Å². The van der Waals surface area contributed by atoms with Gasteiger partial charge in [-0.2, -0.15) is 0 Å². The number of hydrogen-bond acceptors (Lipinski definition) is 3. The summed E-state index contributed by atoms with van der Waals surface area (Å²) in [5.74, 6) is -1.22. The normalized spacial score (nSPS) is 16.6. The summed E-state index contributed by atoms with van der Waals surface area (Å²) in [6, 6.07) is 0. The Balaban J connectivity index is 2.16. The van der Waals surface area contributed by atoms with Gasteiger partial charge in [0, 0.05) is 13.1 Å². The van der Waals surface area contributed by atoms with Crippen molar-refractivity contribution in [3.63, 3.8) is 0 Å². The van der Waals surface area contributed by atoms with E-state index in [-0.39, 0.29) is 5.41 Å². The second-order valence-electron chi connectivity index (χ2n) is 7.04. The topological polar surface area (TPSA) is 78.4 Å². The predicted octanol–water partition coefficient (Wildman–Crippen LogP) is 1.91. The fourth-order valence-corrected chi connectivity index (χ4v) is 2.38. The van der Waals surface area contributed by atoms with Gasteiger partial charge >= 0.3 is 11.8 Å². The van der Waals surface area contributed by atoms with E-state index >= 15 is 0 Å². The number of carbonyl (C=O) groups excluding carboxylic acids is 2. The largest absolute Gasteiger partial charge is 0.393 e. The molecule has 0 aromatic rings. The lowest BCUT2D eigenvalue weighted by Gasteiger charge is -2.25. The van der Waals surface area contributed by atoms with E-state index in [0.717, 1.165) is 19.3 Å². The van der Waals surface area contributed by atoms with Crippen molar-refractivity contribution in [1.29, 1.82) is 0 Å². The van der Waals surface area contributed by atoms with Gasteiger partial charge in [0.2, 0.25) is 0 Å². The highest BCUT2D eigenvalue weighted by molar-refractivity contribution is 6.35. The lowest BCUT2D eigenvalue weighted by Crippen LogP contribution is -2.42. The lowest BCUT2D eigenvalue weighted by molar-refractivity contribution is -0.139. The number of nitrogens with one attached hydrogen (secondary N) is 2. The molecular formula is C17H30N2O3. The third-order valence-corrected chi connectivity index (χ3v) is 4.03. The number of rotatable bonds is 6. The van der Waals surface area contributed by atoms with Gasteiger partial charge in [0.25, 0.3) is 0 Å². The molecule has 0 aromatic carbocycles. The smallest absolute Gasteiger partial charge is 0.309 e. The van der Waals surface area contributed by atoms with Crippen molar-refractivity contribution in [2.75, 3.05) is 13.1 Å². The summed E-state index contributed by atoms with van der Waals surface area (Å²) in [6.07, 6.45) is 7.69. The maximum atomic E-state index is 11.7. The van der Waals surface area contributed by atoms with Crippen LogP contribution in [0.4, 0.5) is 0 Å². The average molecular weight is 310 g/mol. The van der Waals surface area contributed by atoms with Crippen molar-refractivity contribution in [1.82, 2.24) is 10.6 Å². The molecule has 5 nitrogen and oxygen atoms in total. The molecule has 0 saturated carbocycles. The molecule has 1 aliphatic rings. The van der Waals surface area contributed by atoms with Crippen LogP contribution in [0.15, 0.2) is 11.6 Å². The van der Waals surface area contributed by atoms with E-state index in [9.17, 15) is 14.7 Å². The molecule has 0 heterocycles. The Morgan fingerprint density at radius 2 is 1.82 bits per heavy atom. The predicted molar refractivity (Wildman–Crippen MR) is 87.3 cm³/mol. The summed E-state index contributed by atoms with van der Waals surface area (Å²) >= 11 is 0. The minimum absolute atomic E-state index is 0.222. The zero-order chi connectivity index (χ0) is 16.6. The number of carbonyl (C=O) groups is 2. The Labute approximate surface area is 133 Å². The zero-order valence-corrected chi connectivity index (χ0v) is 14.1. The number of amides is 2. The molecule has 5 heteroatoms. The van der Waals surface area contributed by atoms with Gasteiger partial charge in [-0.3, -0.25) is 9.59 Å². The summed E-state index contributed by atoms with van der Waals surface area (Å²) in [5, 5.41) is 15.1. The highest BCUT2D eigenvalue weighted by Crippen LogP contribution is 2.21. The van der Waals surface area contributed by atoms with Gasteiger partial charge in [0.1, 0.15) is 0 Å². The third-order valence-electron chi connectivity index (χ3n) is 4.03. The van der Waals surface area contributed by atoms with Crippen LogP contribution in [0, 0.1) is 5.41 Å². The Morgan fingerprint density at radius 3 is 2.36 bits per heavy atom. The van der Waals surface area contributed by atoms with E-state index in [4.69, 9.17) is 0 Å². The van der Waals surface area contributed by atoms with Gasteiger partial charge in [-0.25, -0.2) is 0 Å². The fourth-order valence-electron chi connectivity index (χ4n) is 2.38. The standard InChI is InChI=1S/C17H30N2O3/c1-17(2,3)14(20)10-12-19-16(22)15(21)18-11-9-13-7-5-4-6-8-13/h7,14,20H,4-6,8-12H2,1-3H3,(H,18,21)(H,19,22)/t14-/m0/s1. The first kappa shape index (κ1) is 18.7. The van der Waals surface area contributed by atoms with Gasteiger partial charge in [-0.05, 0) is 43.9 Å². The summed E-state index contributed by atoms with van der Waals surface area (Å²) in [6.45, 7) is 6.61. The van der Waals surface area contributed by atoms with Gasteiger partial charge < -0.3 is 15.7 Å². The summed E-state index contributed by atoms with van der Waals surface area (Å²) < 4.78 is 0. The molecular weight excluding hydrogens is 280 g/mol. The van der Waals surface area contributed by atoms with Gasteiger partial charge in [-0.15, -0.1) is 0 Å². The maximum absolute atomic E-state index is 11.7. The average Bonchev–Trinajstić information content (AvgIpc) is 2.47. The SMILES string of the molecule is CC(C)(C)[C@@H](O)CCNC(=O)C(=O)NCCC1=CCCCC1. The van der Waals surface area contributed by atoms with Crippen LogP contribution in [0.2, 0.25) is 0 Å². The Hall–Kier alpha value is -1.36. The van der Waals surface area contributed by atoms with Gasteiger partial charge in [0.15, 0.2) is 0 Å². The lowest BCUT2D eigenvalue weighted by atomic mass is 9.87. The van der Waals surface area contributed by atoms with Crippen LogP contribution in [-0.4, -0.2) is 36.1 Å². The maximum Gasteiger partial charge on any atom is 0.309 e. The molecule has 3 N–H and O–H groups in total. The zero-order valence-electron chi connectivity index (χ0n) is 14.1. The van der Waals surface area contributed by atoms with E-state index in [1.807, 2.05) is 20.8 Å². The minimum Gasteiger partial charge on any atom is -0.393 e. The Morgan fingerprint density at radius 1 is 1.18 bits per heavy atom. The van der Waals surface area contributed by atoms with E-state index in [1.165, 1.54) is 18.4 Å². The third kappa shape index (κ3) is 7.07. The van der Waals surface area contributed by atoms with E-state index in [2.05, 4.69) is 16.7 Å². The molecule has 0 bridgehead atoms. The molecule has 0 saturated heterocycles. The van der Waals surface area contributed by atoms with Crippen molar-refractivity contribution < 1.29 is 14.7 Å². The number of hydrogen-bond donors (Lipinski definition) is 3. The van der Waals surface area contributed by atoms with Crippen LogP contribution in [0.25, 0.3) is 0 Å². The second-order valence-corrected chi connectivity index (χ2v) is 7.04. The molecule has 1 rings (SSSR count). The van der Waals surface area contributed by atoms with Crippen LogP contribution in [0.1, 0.15) is 59.3 Å². The second kappa shape index (κ2) is 8.93. The molecule has 0 radical (unpaired) electrons. The highest BCUT2D eigenvalue weighted by atomic mass is 16.3. The first-order valence-electron chi connectivity index (χ1n) is 8.22. The van der Waals surface area contributed by atoms with E-state index in [1.54, 1.807) is 0 Å². The van der Waals surface area contributed by atoms with Crippen molar-refractivity contribution in [3.8, 4) is 0 Å². The van der Waals surface area contributed by atoms with Crippen LogP contribution in [0.5, 0.6) is 0 Å². The molecule has 0 aromatic heterocycles. The summed E-state index contributed by atoms with van der Waals surface area (Å²) in [5.41, 5.74) is 1.15. The van der Waals surface area contributed by atoms with Crippen molar-refractivity contribution in [3.05, 3.63) is 11.6 Å². The number of aliphatic hydroxyl groups is 1. The monoisotopic (exact) mass is 310 g/mol. The van der Waals surface area contributed by atoms with Crippen LogP contribution < -0.4 is 10.6 Å². The summed E-state index contributed by atoms with van der Waals surface area (Å²) in [4.78, 5) is 23.3. The molecule has 1 aliphatic carbocycles. The molecule has 22 heavy (non-hydrogen) atoms. The Kier molecular flexibility index (Phi) is 7.59. The molecule has 126 valence electrons. The van der Waals surface area contributed by atoms with E-state index < -0.39 is 17.9 Å². The molecule has 0 unspecified atom stereocenters. The summed E-state index contributed by atoms with van der Waals surface area (Å²) in [7, 11) is 0. The van der Waals surface area contributed by atoms with Crippen LogP contribution in [0.3, 0.4) is 0 Å². The van der Waals surface area contributed by atoms with Crippen molar-refractivity contribution in [2.45, 2.75) is 65.4 Å². The van der Waals surface area contributed by atoms with E-state index in [0.29, 0.717) is 19.5 Å². The van der Waals surface area contributed by atoms with Crippen molar-refractivity contribution >= 4 is 11.8 Å². The number of aliphatic hydroxyl groups excluding tert-OH is 1. The molecule has 0 aliphatic heterocycles. The highest BCUT2D eigenvalue weighted by Gasteiger charge is 2.22. The quantitative estimate of drug-likeness (QED) is 0.518. The Bertz CT molecular complexity index is 411. The first-order valence-corrected chi connectivity index (χ1v) is 8.22. The van der Waals surface area contributed by atoms with Crippen LogP contribution >= 0.6 is 0 Å². The van der Waals surface area contributed by atoms with Crippen LogP contribution in [-0.2, 0) is 9.59 Å². The van der Waals surface area contributed by atoms with Gasteiger partial charge in [-0.1, -0.05) is 32.4 Å². The minimum atomic E-state index is -0.626. The number of allylic oxidation sites excluding steroid dienone is 1.